The van der Waals surface area contributed by atoms with Crippen LogP contribution in [-0.4, -0.2) is 41.2 Å². The van der Waals surface area contributed by atoms with Gasteiger partial charge in [0.1, 0.15) is 17.0 Å². The molecule has 0 aromatic heterocycles. The van der Waals surface area contributed by atoms with Crippen LogP contribution in [0.25, 0.3) is 0 Å². The Morgan fingerprint density at radius 2 is 1.22 bits per heavy atom. The molecule has 12 heteroatoms. The van der Waals surface area contributed by atoms with Crippen molar-refractivity contribution in [2.24, 2.45) is 0 Å². The SMILES string of the molecule is O=C(NC1(C(=O)NC2(C(c3ccccc3)C(F)(F)F)CC(C(c3ccccc3)C(F)(F)F)c3ccccc3NC2=O)CC1)c1ccccc1. The van der Waals surface area contributed by atoms with Crippen LogP contribution < -0.4 is 16.0 Å². The highest BCUT2D eigenvalue weighted by molar-refractivity contribution is 6.06. The van der Waals surface area contributed by atoms with Crippen molar-refractivity contribution in [3.8, 4) is 0 Å². The molecule has 0 spiro atoms. The normalized spacial score (nSPS) is 21.3. The topological polar surface area (TPSA) is 87.3 Å². The zero-order valence-corrected chi connectivity index (χ0v) is 25.8. The summed E-state index contributed by atoms with van der Waals surface area (Å²) in [4.78, 5) is 41.7. The van der Waals surface area contributed by atoms with Gasteiger partial charge in [0, 0.05) is 17.2 Å². The van der Waals surface area contributed by atoms with E-state index in [1.807, 2.05) is 0 Å². The number of fused-ring (bicyclic) bond motifs is 1. The number of alkyl halides is 6. The number of hydrogen-bond acceptors (Lipinski definition) is 3. The highest BCUT2D eigenvalue weighted by Gasteiger charge is 2.64. The zero-order chi connectivity index (χ0) is 35.0. The summed E-state index contributed by atoms with van der Waals surface area (Å²) in [6, 6.07) is 26.5. The van der Waals surface area contributed by atoms with Crippen LogP contribution in [0.15, 0.2) is 115 Å². The number of halogens is 6. The molecular formula is C37H31F6N3O3. The van der Waals surface area contributed by atoms with Gasteiger partial charge in [-0.3, -0.25) is 14.4 Å². The minimum Gasteiger partial charge on any atom is -0.339 e. The molecule has 2 aliphatic rings. The fourth-order valence-electron chi connectivity index (χ4n) is 6.89. The van der Waals surface area contributed by atoms with Crippen LogP contribution in [0.3, 0.4) is 0 Å². The van der Waals surface area contributed by atoms with Gasteiger partial charge in [-0.25, -0.2) is 0 Å². The quantitative estimate of drug-likeness (QED) is 0.168. The number of amides is 3. The second-order valence-electron chi connectivity index (χ2n) is 12.5. The second kappa shape index (κ2) is 12.7. The van der Waals surface area contributed by atoms with Crippen LogP contribution in [0.2, 0.25) is 0 Å². The van der Waals surface area contributed by atoms with Crippen molar-refractivity contribution >= 4 is 23.4 Å². The Hall–Kier alpha value is -5.13. The number of carbonyl (C=O) groups excluding carboxylic acids is 3. The van der Waals surface area contributed by atoms with Crippen molar-refractivity contribution in [2.45, 2.75) is 60.4 Å². The van der Waals surface area contributed by atoms with E-state index in [0.29, 0.717) is 0 Å². The minimum absolute atomic E-state index is 0.0364. The summed E-state index contributed by atoms with van der Waals surface area (Å²) in [6.45, 7) is 0. The largest absolute Gasteiger partial charge is 0.398 e. The van der Waals surface area contributed by atoms with Crippen molar-refractivity contribution in [1.82, 2.24) is 10.6 Å². The highest BCUT2D eigenvalue weighted by Crippen LogP contribution is 2.55. The van der Waals surface area contributed by atoms with E-state index in [1.165, 1.54) is 84.9 Å². The lowest BCUT2D eigenvalue weighted by Gasteiger charge is -2.43. The molecule has 254 valence electrons. The van der Waals surface area contributed by atoms with Gasteiger partial charge in [-0.1, -0.05) is 97.1 Å². The van der Waals surface area contributed by atoms with Crippen molar-refractivity contribution in [3.05, 3.63) is 138 Å². The molecule has 49 heavy (non-hydrogen) atoms. The van der Waals surface area contributed by atoms with Gasteiger partial charge in [-0.05, 0) is 54.2 Å². The van der Waals surface area contributed by atoms with Crippen molar-refractivity contribution in [2.75, 3.05) is 5.32 Å². The van der Waals surface area contributed by atoms with E-state index >= 15 is 26.3 Å². The average Bonchev–Trinajstić information content (AvgIpc) is 3.86. The third-order valence-electron chi connectivity index (χ3n) is 9.33. The fourth-order valence-corrected chi connectivity index (χ4v) is 6.89. The fraction of sp³-hybridized carbons (Fsp3) is 0.270. The van der Waals surface area contributed by atoms with Crippen molar-refractivity contribution < 1.29 is 40.7 Å². The predicted molar refractivity (Wildman–Crippen MR) is 170 cm³/mol. The van der Waals surface area contributed by atoms with Gasteiger partial charge in [0.05, 0.1) is 5.92 Å². The van der Waals surface area contributed by atoms with Gasteiger partial charge in [0.2, 0.25) is 5.91 Å². The molecule has 4 atom stereocenters. The molecule has 3 amide bonds. The lowest BCUT2D eigenvalue weighted by Crippen LogP contribution is -2.66. The number of carbonyl (C=O) groups is 3. The van der Waals surface area contributed by atoms with Crippen LogP contribution in [0.5, 0.6) is 0 Å². The van der Waals surface area contributed by atoms with Gasteiger partial charge in [-0.2, -0.15) is 26.3 Å². The van der Waals surface area contributed by atoms with Gasteiger partial charge < -0.3 is 16.0 Å². The Morgan fingerprint density at radius 1 is 0.694 bits per heavy atom. The summed E-state index contributed by atoms with van der Waals surface area (Å²) in [7, 11) is 0. The molecule has 0 saturated heterocycles. The highest BCUT2D eigenvalue weighted by atomic mass is 19.4. The molecule has 4 unspecified atom stereocenters. The van der Waals surface area contributed by atoms with E-state index in [4.69, 9.17) is 0 Å². The maximum absolute atomic E-state index is 15.5. The summed E-state index contributed by atoms with van der Waals surface area (Å²) in [6.07, 6.45) is -11.2. The van der Waals surface area contributed by atoms with Crippen LogP contribution in [0.1, 0.15) is 64.1 Å². The van der Waals surface area contributed by atoms with Crippen LogP contribution in [-0.2, 0) is 9.59 Å². The zero-order valence-electron chi connectivity index (χ0n) is 25.8. The van der Waals surface area contributed by atoms with E-state index in [-0.39, 0.29) is 35.2 Å². The number of rotatable bonds is 8. The van der Waals surface area contributed by atoms with E-state index in [9.17, 15) is 14.4 Å². The molecule has 6 rings (SSSR count). The maximum Gasteiger partial charge on any atom is 0.398 e. The minimum atomic E-state index is -5.24. The first-order valence-corrected chi connectivity index (χ1v) is 15.6. The van der Waals surface area contributed by atoms with E-state index in [2.05, 4.69) is 16.0 Å². The second-order valence-corrected chi connectivity index (χ2v) is 12.5. The molecular weight excluding hydrogens is 648 g/mol. The molecule has 0 radical (unpaired) electrons. The summed E-state index contributed by atoms with van der Waals surface area (Å²) in [5.74, 6) is -10.0. The Labute approximate surface area is 277 Å². The number of anilines is 1. The third-order valence-corrected chi connectivity index (χ3v) is 9.33. The number of para-hydroxylation sites is 1. The first-order valence-electron chi connectivity index (χ1n) is 15.6. The number of benzene rings is 4. The molecule has 1 fully saturated rings. The summed E-state index contributed by atoms with van der Waals surface area (Å²) in [5.41, 5.74) is -5.31. The maximum atomic E-state index is 15.5. The third kappa shape index (κ3) is 6.64. The molecule has 3 N–H and O–H groups in total. The smallest absolute Gasteiger partial charge is 0.339 e. The summed E-state index contributed by atoms with van der Waals surface area (Å²) in [5, 5.41) is 7.41. The first-order chi connectivity index (χ1) is 23.3. The van der Waals surface area contributed by atoms with Crippen molar-refractivity contribution in [3.63, 3.8) is 0 Å². The number of hydrogen-bond donors (Lipinski definition) is 3. The lowest BCUT2D eigenvalue weighted by molar-refractivity contribution is -0.179. The molecule has 1 aliphatic heterocycles. The number of nitrogens with one attached hydrogen (secondary N) is 3. The molecule has 1 saturated carbocycles. The lowest BCUT2D eigenvalue weighted by atomic mass is 9.68. The molecule has 4 aromatic rings. The molecule has 1 aliphatic carbocycles. The van der Waals surface area contributed by atoms with E-state index < -0.39 is 70.9 Å². The van der Waals surface area contributed by atoms with Gasteiger partial charge in [0.25, 0.3) is 11.8 Å². The average molecular weight is 680 g/mol. The predicted octanol–water partition coefficient (Wildman–Crippen LogP) is 7.62. The Bertz CT molecular complexity index is 1830. The standard InChI is InChI=1S/C37H31F6N3O3/c38-36(39,40)29(23-12-4-1-5-13-23)27-22-35(33(49)44-28-19-11-10-18-26(27)28,30(37(41,42)43)24-14-6-2-7-15-24)46-32(48)34(20-21-34)45-31(47)25-16-8-3-9-17-25/h1-19,27,29-30H,20-22H2,(H,44,49)(H,45,47)(H,46,48). The summed E-state index contributed by atoms with van der Waals surface area (Å²) >= 11 is 0. The molecule has 4 aromatic carbocycles. The molecule has 0 bridgehead atoms. The van der Waals surface area contributed by atoms with Crippen molar-refractivity contribution in [1.29, 1.82) is 0 Å². The van der Waals surface area contributed by atoms with Crippen LogP contribution in [0.4, 0.5) is 32.0 Å². The van der Waals surface area contributed by atoms with Gasteiger partial charge in [-0.15, -0.1) is 0 Å². The van der Waals surface area contributed by atoms with E-state index in [0.717, 1.165) is 12.1 Å². The first kappa shape index (κ1) is 33.8. The Morgan fingerprint density at radius 3 is 1.78 bits per heavy atom. The van der Waals surface area contributed by atoms with Gasteiger partial charge >= 0.3 is 12.4 Å². The van der Waals surface area contributed by atoms with Crippen LogP contribution in [0, 0.1) is 0 Å². The monoisotopic (exact) mass is 679 g/mol. The molecule has 1 heterocycles. The van der Waals surface area contributed by atoms with Gasteiger partial charge in [0.15, 0.2) is 0 Å². The Balaban J connectivity index is 1.54. The Kier molecular flexibility index (Phi) is 8.76. The van der Waals surface area contributed by atoms with E-state index in [1.54, 1.807) is 18.2 Å². The molecule has 6 nitrogen and oxygen atoms in total. The van der Waals surface area contributed by atoms with Crippen LogP contribution >= 0.6 is 0 Å². The summed E-state index contributed by atoms with van der Waals surface area (Å²) < 4.78 is 92.3.